The van der Waals surface area contributed by atoms with Crippen LogP contribution in [0.3, 0.4) is 0 Å². The lowest BCUT2D eigenvalue weighted by Crippen LogP contribution is -2.48. The van der Waals surface area contributed by atoms with E-state index >= 15 is 0 Å². The second-order valence-electron chi connectivity index (χ2n) is 5.90. The van der Waals surface area contributed by atoms with Crippen LogP contribution in [0.25, 0.3) is 0 Å². The molecule has 3 aliphatic rings. The summed E-state index contributed by atoms with van der Waals surface area (Å²) in [5.41, 5.74) is 0.347. The number of rotatable bonds is 2. The molecule has 6 heteroatoms. The molecule has 0 bridgehead atoms. The molecule has 3 amide bonds. The topological polar surface area (TPSA) is 70.7 Å². The van der Waals surface area contributed by atoms with Crippen molar-refractivity contribution in [3.63, 3.8) is 0 Å². The number of hydrogen-bond acceptors (Lipinski definition) is 4. The van der Waals surface area contributed by atoms with Crippen molar-refractivity contribution in [1.29, 1.82) is 0 Å². The van der Waals surface area contributed by atoms with Crippen molar-refractivity contribution in [2.45, 2.75) is 17.9 Å². The summed E-state index contributed by atoms with van der Waals surface area (Å²) >= 11 is 0. The van der Waals surface area contributed by atoms with E-state index in [1.165, 1.54) is 4.90 Å². The number of urea groups is 1. The first-order valence-electron chi connectivity index (χ1n) is 7.26. The fourth-order valence-corrected chi connectivity index (χ4v) is 3.42. The first-order chi connectivity index (χ1) is 10.2. The Labute approximate surface area is 122 Å². The maximum Gasteiger partial charge on any atom is 0.325 e. The number of hydrogen-bond donors (Lipinski definition) is 2. The highest BCUT2D eigenvalue weighted by atomic mass is 16.5. The molecule has 4 rings (SSSR count). The molecule has 1 spiro atoms. The lowest BCUT2D eigenvalue weighted by atomic mass is 9.97. The summed E-state index contributed by atoms with van der Waals surface area (Å²) in [5.74, 6) is 0.800. The van der Waals surface area contributed by atoms with E-state index in [9.17, 15) is 9.59 Å². The Morgan fingerprint density at radius 1 is 1.33 bits per heavy atom. The van der Waals surface area contributed by atoms with Crippen LogP contribution in [0.5, 0.6) is 5.75 Å². The predicted molar refractivity (Wildman–Crippen MR) is 75.1 cm³/mol. The second kappa shape index (κ2) is 4.46. The third-order valence-electron chi connectivity index (χ3n) is 4.60. The van der Waals surface area contributed by atoms with Gasteiger partial charge in [0.2, 0.25) is 0 Å². The van der Waals surface area contributed by atoms with Gasteiger partial charge in [-0.25, -0.2) is 4.79 Å². The van der Waals surface area contributed by atoms with Crippen LogP contribution in [0.4, 0.5) is 4.79 Å². The molecule has 110 valence electrons. The van der Waals surface area contributed by atoms with Crippen LogP contribution in [0.1, 0.15) is 17.9 Å². The van der Waals surface area contributed by atoms with Gasteiger partial charge in [-0.2, -0.15) is 0 Å². The van der Waals surface area contributed by atoms with Gasteiger partial charge < -0.3 is 15.4 Å². The van der Waals surface area contributed by atoms with Crippen molar-refractivity contribution >= 4 is 11.9 Å². The fraction of sp³-hybridized carbons (Fsp3) is 0.467. The normalized spacial score (nSPS) is 30.7. The molecule has 0 aliphatic carbocycles. The predicted octanol–water partition coefficient (Wildman–Crippen LogP) is 0.446. The van der Waals surface area contributed by atoms with Gasteiger partial charge in [-0.3, -0.25) is 9.69 Å². The van der Waals surface area contributed by atoms with Crippen molar-refractivity contribution in [3.8, 4) is 5.75 Å². The first-order valence-corrected chi connectivity index (χ1v) is 7.26. The summed E-state index contributed by atoms with van der Waals surface area (Å²) in [4.78, 5) is 26.1. The molecule has 1 aromatic rings. The van der Waals surface area contributed by atoms with Crippen LogP contribution in [-0.2, 0) is 4.79 Å². The van der Waals surface area contributed by atoms with Gasteiger partial charge in [0.1, 0.15) is 11.3 Å². The number of amides is 3. The lowest BCUT2D eigenvalue weighted by Gasteiger charge is -2.20. The monoisotopic (exact) mass is 287 g/mol. The Hall–Kier alpha value is -2.08. The number of carbonyl (C=O) groups excluding carboxylic acids is 2. The van der Waals surface area contributed by atoms with Crippen LogP contribution in [0, 0.1) is 0 Å². The zero-order valence-electron chi connectivity index (χ0n) is 11.6. The second-order valence-corrected chi connectivity index (χ2v) is 5.90. The summed E-state index contributed by atoms with van der Waals surface area (Å²) in [6, 6.07) is 7.51. The Morgan fingerprint density at radius 3 is 3.00 bits per heavy atom. The molecule has 2 atom stereocenters. The van der Waals surface area contributed by atoms with Crippen molar-refractivity contribution in [3.05, 3.63) is 29.8 Å². The first kappa shape index (κ1) is 12.6. The number of nitrogens with zero attached hydrogens (tertiary/aromatic N) is 1. The van der Waals surface area contributed by atoms with E-state index in [-0.39, 0.29) is 17.9 Å². The standard InChI is InChI=1S/C15H17N3O3/c19-13-15(5-6-16-9-15)17-14(20)18(13)7-10-8-21-12-4-2-1-3-11(10)12/h1-4,10,16H,5-9H2,(H,17,20). The third-order valence-corrected chi connectivity index (χ3v) is 4.60. The number of nitrogens with one attached hydrogen (secondary N) is 2. The maximum atomic E-state index is 12.6. The maximum absolute atomic E-state index is 12.6. The van der Waals surface area contributed by atoms with Gasteiger partial charge in [-0.1, -0.05) is 18.2 Å². The van der Waals surface area contributed by atoms with Crippen LogP contribution in [-0.4, -0.2) is 48.6 Å². The third kappa shape index (κ3) is 1.82. The zero-order valence-corrected chi connectivity index (χ0v) is 11.6. The molecule has 3 aliphatic heterocycles. The summed E-state index contributed by atoms with van der Waals surface area (Å²) in [7, 11) is 0. The minimum atomic E-state index is -0.726. The Kier molecular flexibility index (Phi) is 2.68. The van der Waals surface area contributed by atoms with Crippen molar-refractivity contribution < 1.29 is 14.3 Å². The number of fused-ring (bicyclic) bond motifs is 1. The summed E-state index contributed by atoms with van der Waals surface area (Å²) in [6.07, 6.45) is 0.659. The molecule has 0 saturated carbocycles. The largest absolute Gasteiger partial charge is 0.493 e. The van der Waals surface area contributed by atoms with Gasteiger partial charge in [0.05, 0.1) is 6.61 Å². The van der Waals surface area contributed by atoms with Crippen molar-refractivity contribution in [1.82, 2.24) is 15.5 Å². The number of imide groups is 1. The number of para-hydroxylation sites is 1. The summed E-state index contributed by atoms with van der Waals surface area (Å²) in [6.45, 7) is 2.17. The lowest BCUT2D eigenvalue weighted by molar-refractivity contribution is -0.130. The SMILES string of the molecule is O=C1NC2(CCNC2)C(=O)N1CC1COc2ccccc21. The molecule has 2 saturated heterocycles. The molecule has 0 aromatic heterocycles. The van der Waals surface area contributed by atoms with Crippen LogP contribution < -0.4 is 15.4 Å². The molecular weight excluding hydrogens is 270 g/mol. The average molecular weight is 287 g/mol. The van der Waals surface area contributed by atoms with Crippen LogP contribution >= 0.6 is 0 Å². The van der Waals surface area contributed by atoms with Gasteiger partial charge in [0.25, 0.3) is 5.91 Å². The molecule has 0 radical (unpaired) electrons. The van der Waals surface area contributed by atoms with Gasteiger partial charge in [0.15, 0.2) is 0 Å². The highest BCUT2D eigenvalue weighted by Gasteiger charge is 2.53. The van der Waals surface area contributed by atoms with E-state index in [0.717, 1.165) is 17.9 Å². The van der Waals surface area contributed by atoms with Crippen LogP contribution in [0.15, 0.2) is 24.3 Å². The van der Waals surface area contributed by atoms with E-state index in [1.54, 1.807) is 0 Å². The molecule has 2 unspecified atom stereocenters. The summed E-state index contributed by atoms with van der Waals surface area (Å²) in [5, 5.41) is 6.01. The molecule has 2 N–H and O–H groups in total. The Balaban J connectivity index is 1.56. The van der Waals surface area contributed by atoms with E-state index in [0.29, 0.717) is 26.1 Å². The number of ether oxygens (including phenoxy) is 1. The van der Waals surface area contributed by atoms with E-state index in [2.05, 4.69) is 10.6 Å². The smallest absolute Gasteiger partial charge is 0.325 e. The Bertz CT molecular complexity index is 610. The van der Waals surface area contributed by atoms with E-state index in [4.69, 9.17) is 4.74 Å². The quantitative estimate of drug-likeness (QED) is 0.775. The van der Waals surface area contributed by atoms with Gasteiger partial charge in [0, 0.05) is 24.6 Å². The van der Waals surface area contributed by atoms with Gasteiger partial charge in [-0.15, -0.1) is 0 Å². The number of benzene rings is 1. The van der Waals surface area contributed by atoms with Crippen molar-refractivity contribution in [2.24, 2.45) is 0 Å². The molecule has 21 heavy (non-hydrogen) atoms. The Morgan fingerprint density at radius 2 is 2.19 bits per heavy atom. The highest BCUT2D eigenvalue weighted by molar-refractivity contribution is 6.07. The molecule has 1 aromatic carbocycles. The minimum absolute atomic E-state index is 0.0559. The zero-order chi connectivity index (χ0) is 14.4. The minimum Gasteiger partial charge on any atom is -0.493 e. The van der Waals surface area contributed by atoms with Gasteiger partial charge in [-0.05, 0) is 19.0 Å². The molecule has 3 heterocycles. The number of carbonyl (C=O) groups is 2. The molecular formula is C15H17N3O3. The average Bonchev–Trinajstić information content (AvgIpc) is 3.16. The molecule has 2 fully saturated rings. The van der Waals surface area contributed by atoms with Gasteiger partial charge >= 0.3 is 6.03 Å². The van der Waals surface area contributed by atoms with Crippen molar-refractivity contribution in [2.75, 3.05) is 26.2 Å². The fourth-order valence-electron chi connectivity index (χ4n) is 3.42. The van der Waals surface area contributed by atoms with E-state index in [1.807, 2.05) is 24.3 Å². The van der Waals surface area contributed by atoms with E-state index < -0.39 is 5.54 Å². The van der Waals surface area contributed by atoms with Crippen LogP contribution in [0.2, 0.25) is 0 Å². The summed E-state index contributed by atoms with van der Waals surface area (Å²) < 4.78 is 5.63. The highest BCUT2D eigenvalue weighted by Crippen LogP contribution is 2.35. The molecule has 6 nitrogen and oxygen atoms in total.